The molecular weight excluding hydrogens is 260 g/mol. The number of nitrogens with one attached hydrogen (secondary N) is 2. The van der Waals surface area contributed by atoms with Crippen molar-refractivity contribution in [3.05, 3.63) is 20.7 Å². The molecule has 86 valence electrons. The Morgan fingerprint density at radius 1 is 1.53 bits per heavy atom. The van der Waals surface area contributed by atoms with Crippen molar-refractivity contribution in [1.82, 2.24) is 9.71 Å². The highest BCUT2D eigenvalue weighted by atomic mass is 35.5. The minimum Gasteiger partial charge on any atom is -0.315 e. The maximum Gasteiger partial charge on any atom is 0.304 e. The summed E-state index contributed by atoms with van der Waals surface area (Å²) in [5.74, 6) is 0.320. The lowest BCUT2D eigenvalue weighted by Crippen LogP contribution is -2.26. The molecule has 0 amide bonds. The highest BCUT2D eigenvalue weighted by molar-refractivity contribution is 7.89. The number of rotatable bonds is 6. The monoisotopic (exact) mass is 270 g/mol. The van der Waals surface area contributed by atoms with Gasteiger partial charge in [-0.2, -0.15) is 0 Å². The highest BCUT2D eigenvalue weighted by Gasteiger charge is 2.09. The second-order valence-electron chi connectivity index (χ2n) is 2.86. The first kappa shape index (κ1) is 12.7. The highest BCUT2D eigenvalue weighted by Crippen LogP contribution is 1.97. The van der Waals surface area contributed by atoms with Gasteiger partial charge in [-0.05, 0) is 6.42 Å². The van der Waals surface area contributed by atoms with Gasteiger partial charge in [0.15, 0.2) is 0 Å². The Bertz CT molecular complexity index is 451. The van der Waals surface area contributed by atoms with E-state index in [-0.39, 0.29) is 17.2 Å². The maximum absolute atomic E-state index is 11.3. The summed E-state index contributed by atoms with van der Waals surface area (Å²) in [5.41, 5.74) is 0.569. The Morgan fingerprint density at radius 3 is 2.80 bits per heavy atom. The van der Waals surface area contributed by atoms with Crippen molar-refractivity contribution < 1.29 is 8.42 Å². The maximum atomic E-state index is 11.3. The van der Waals surface area contributed by atoms with E-state index in [1.807, 2.05) is 0 Å². The lowest BCUT2D eigenvalue weighted by Gasteiger charge is -2.03. The van der Waals surface area contributed by atoms with E-state index < -0.39 is 10.0 Å². The van der Waals surface area contributed by atoms with E-state index in [2.05, 4.69) is 9.71 Å². The van der Waals surface area contributed by atoms with Crippen LogP contribution in [0.25, 0.3) is 0 Å². The van der Waals surface area contributed by atoms with E-state index in [1.54, 1.807) is 5.38 Å². The summed E-state index contributed by atoms with van der Waals surface area (Å²) in [5, 5.41) is 1.59. The van der Waals surface area contributed by atoms with Gasteiger partial charge in [-0.1, -0.05) is 11.3 Å². The van der Waals surface area contributed by atoms with Crippen LogP contribution in [0.2, 0.25) is 0 Å². The van der Waals surface area contributed by atoms with E-state index in [0.717, 1.165) is 11.3 Å². The Morgan fingerprint density at radius 2 is 2.27 bits per heavy atom. The fourth-order valence-corrected chi connectivity index (χ4v) is 2.82. The van der Waals surface area contributed by atoms with Crippen LogP contribution in [0, 0.1) is 0 Å². The minimum absolute atomic E-state index is 0.00483. The number of hydrogen-bond acceptors (Lipinski definition) is 4. The molecule has 0 aliphatic heterocycles. The Balaban J connectivity index is 2.46. The molecule has 0 unspecified atom stereocenters. The molecule has 0 saturated carbocycles. The summed E-state index contributed by atoms with van der Waals surface area (Å²) >= 11 is 6.40. The van der Waals surface area contributed by atoms with E-state index >= 15 is 0 Å². The van der Waals surface area contributed by atoms with Gasteiger partial charge in [0.1, 0.15) is 0 Å². The Hall–Kier alpha value is -0.370. The van der Waals surface area contributed by atoms with Crippen molar-refractivity contribution in [2.24, 2.45) is 0 Å². The lowest BCUT2D eigenvalue weighted by molar-refractivity contribution is 0.579. The number of thiazole rings is 1. The van der Waals surface area contributed by atoms with Crippen molar-refractivity contribution in [3.8, 4) is 0 Å². The van der Waals surface area contributed by atoms with Gasteiger partial charge >= 0.3 is 4.87 Å². The van der Waals surface area contributed by atoms with Gasteiger partial charge in [-0.3, -0.25) is 4.79 Å². The molecule has 2 N–H and O–H groups in total. The molecule has 8 heteroatoms. The third-order valence-corrected chi connectivity index (χ3v) is 4.00. The molecule has 0 atom stereocenters. The van der Waals surface area contributed by atoms with Gasteiger partial charge in [-0.15, -0.1) is 11.6 Å². The zero-order chi connectivity index (χ0) is 11.3. The average Bonchev–Trinajstić information content (AvgIpc) is 2.59. The summed E-state index contributed by atoms with van der Waals surface area (Å²) < 4.78 is 25.0. The normalized spacial score (nSPS) is 11.8. The Kier molecular flexibility index (Phi) is 4.78. The van der Waals surface area contributed by atoms with E-state index in [1.165, 1.54) is 0 Å². The van der Waals surface area contributed by atoms with Crippen LogP contribution in [-0.2, 0) is 16.6 Å². The molecule has 1 aromatic rings. The fraction of sp³-hybridized carbons (Fsp3) is 0.571. The van der Waals surface area contributed by atoms with Gasteiger partial charge in [0.2, 0.25) is 10.0 Å². The minimum atomic E-state index is -3.28. The molecule has 0 radical (unpaired) electrons. The van der Waals surface area contributed by atoms with Crippen LogP contribution in [0.3, 0.4) is 0 Å². The standard InChI is InChI=1S/C7H11ClN2O3S2/c8-2-1-3-15(12,13)9-4-6-5-14-7(11)10-6/h5,9H,1-4H2,(H,10,11). The molecule has 0 saturated heterocycles. The SMILES string of the molecule is O=c1[nH]c(CNS(=O)(=O)CCCCl)cs1. The first-order valence-corrected chi connectivity index (χ1v) is 7.30. The molecule has 0 fully saturated rings. The van der Waals surface area contributed by atoms with Crippen LogP contribution < -0.4 is 9.60 Å². The molecule has 0 spiro atoms. The number of H-pyrrole nitrogens is 1. The van der Waals surface area contributed by atoms with Gasteiger partial charge < -0.3 is 4.98 Å². The second-order valence-corrected chi connectivity index (χ2v) is 6.00. The number of halogens is 1. The third kappa shape index (κ3) is 4.78. The molecule has 5 nitrogen and oxygen atoms in total. The van der Waals surface area contributed by atoms with Crippen LogP contribution in [0.5, 0.6) is 0 Å². The van der Waals surface area contributed by atoms with E-state index in [4.69, 9.17) is 11.6 Å². The zero-order valence-corrected chi connectivity index (χ0v) is 10.2. The van der Waals surface area contributed by atoms with E-state index in [0.29, 0.717) is 18.0 Å². The van der Waals surface area contributed by atoms with Crippen LogP contribution in [-0.4, -0.2) is 25.0 Å². The average molecular weight is 271 g/mol. The van der Waals surface area contributed by atoms with Crippen LogP contribution in [0.15, 0.2) is 10.2 Å². The lowest BCUT2D eigenvalue weighted by atomic mass is 10.5. The molecule has 1 aromatic heterocycles. The predicted molar refractivity (Wildman–Crippen MR) is 60.9 cm³/mol. The number of hydrogen-bond donors (Lipinski definition) is 2. The molecule has 0 aliphatic rings. The molecule has 15 heavy (non-hydrogen) atoms. The van der Waals surface area contributed by atoms with Crippen molar-refractivity contribution in [3.63, 3.8) is 0 Å². The number of aromatic nitrogens is 1. The second kappa shape index (κ2) is 5.64. The van der Waals surface area contributed by atoms with Crippen LogP contribution in [0.4, 0.5) is 0 Å². The molecule has 0 aromatic carbocycles. The van der Waals surface area contributed by atoms with Crippen molar-refractivity contribution in [1.29, 1.82) is 0 Å². The van der Waals surface area contributed by atoms with Crippen LogP contribution in [0.1, 0.15) is 12.1 Å². The Labute approximate surface area is 96.5 Å². The van der Waals surface area contributed by atoms with Gasteiger partial charge in [-0.25, -0.2) is 13.1 Å². The topological polar surface area (TPSA) is 79.0 Å². The first-order chi connectivity index (χ1) is 7.03. The number of alkyl halides is 1. The summed E-state index contributed by atoms with van der Waals surface area (Å²) in [4.78, 5) is 13.1. The molecule has 1 heterocycles. The van der Waals surface area contributed by atoms with E-state index in [9.17, 15) is 13.2 Å². The number of sulfonamides is 1. The van der Waals surface area contributed by atoms with Gasteiger partial charge in [0.05, 0.1) is 12.3 Å². The fourth-order valence-electron chi connectivity index (χ4n) is 0.905. The van der Waals surface area contributed by atoms with Crippen molar-refractivity contribution >= 4 is 33.0 Å². The molecular formula is C7H11ClN2O3S2. The van der Waals surface area contributed by atoms with Crippen molar-refractivity contribution in [2.75, 3.05) is 11.6 Å². The number of aromatic amines is 1. The van der Waals surface area contributed by atoms with Gasteiger partial charge in [0, 0.05) is 17.0 Å². The van der Waals surface area contributed by atoms with Gasteiger partial charge in [0.25, 0.3) is 0 Å². The largest absolute Gasteiger partial charge is 0.315 e. The molecule has 0 aliphatic carbocycles. The quantitative estimate of drug-likeness (QED) is 0.738. The first-order valence-electron chi connectivity index (χ1n) is 4.23. The smallest absolute Gasteiger partial charge is 0.304 e. The molecule has 0 bridgehead atoms. The predicted octanol–water partition coefficient (Wildman–Crippen LogP) is 0.485. The van der Waals surface area contributed by atoms with Crippen molar-refractivity contribution in [2.45, 2.75) is 13.0 Å². The zero-order valence-electron chi connectivity index (χ0n) is 7.82. The van der Waals surface area contributed by atoms with Crippen LogP contribution >= 0.6 is 22.9 Å². The molecule has 1 rings (SSSR count). The summed E-state index contributed by atoms with van der Waals surface area (Å²) in [7, 11) is -3.28. The summed E-state index contributed by atoms with van der Waals surface area (Å²) in [6, 6.07) is 0. The summed E-state index contributed by atoms with van der Waals surface area (Å²) in [6.45, 7) is 0.114. The summed E-state index contributed by atoms with van der Waals surface area (Å²) in [6.07, 6.45) is 0.414. The third-order valence-electron chi connectivity index (χ3n) is 1.60.